The van der Waals surface area contributed by atoms with Crippen LogP contribution in [0.5, 0.6) is 0 Å². The molecule has 2 heteroatoms. The van der Waals surface area contributed by atoms with Gasteiger partial charge in [-0.05, 0) is 24.9 Å². The Morgan fingerprint density at radius 1 is 1.37 bits per heavy atom. The van der Waals surface area contributed by atoms with Crippen LogP contribution in [-0.2, 0) is 0 Å². The fourth-order valence-electron chi connectivity index (χ4n) is 2.82. The van der Waals surface area contributed by atoms with Crippen molar-refractivity contribution < 1.29 is 0 Å². The number of terminal acetylenes is 1. The van der Waals surface area contributed by atoms with Gasteiger partial charge in [-0.1, -0.05) is 37.3 Å². The minimum Gasteiger partial charge on any atom is -0.307 e. The Morgan fingerprint density at radius 3 is 2.84 bits per heavy atom. The molecule has 0 aliphatic carbocycles. The normalized spacial score (nSPS) is 24.0. The van der Waals surface area contributed by atoms with E-state index in [9.17, 15) is 0 Å². The summed E-state index contributed by atoms with van der Waals surface area (Å²) in [6.45, 7) is 5.55. The van der Waals surface area contributed by atoms with Crippen molar-refractivity contribution in [2.75, 3.05) is 19.6 Å². The second-order valence-electron chi connectivity index (χ2n) is 5.24. The molecule has 1 aliphatic rings. The lowest BCUT2D eigenvalue weighted by Gasteiger charge is -2.40. The van der Waals surface area contributed by atoms with Gasteiger partial charge in [0, 0.05) is 31.6 Å². The van der Waals surface area contributed by atoms with Crippen molar-refractivity contribution in [3.05, 3.63) is 35.9 Å². The Kier molecular flexibility index (Phi) is 5.44. The zero-order chi connectivity index (χ0) is 13.5. The van der Waals surface area contributed by atoms with Gasteiger partial charge < -0.3 is 5.32 Å². The molecule has 102 valence electrons. The first kappa shape index (κ1) is 14.1. The fraction of sp³-hybridized carbons (Fsp3) is 0.529. The van der Waals surface area contributed by atoms with Crippen molar-refractivity contribution in [1.29, 1.82) is 0 Å². The monoisotopic (exact) mass is 256 g/mol. The minimum atomic E-state index is 0.454. The van der Waals surface area contributed by atoms with Crippen LogP contribution in [0.3, 0.4) is 0 Å². The molecular formula is C17H24N2. The lowest BCUT2D eigenvalue weighted by atomic mass is 10.0. The van der Waals surface area contributed by atoms with Crippen molar-refractivity contribution in [1.82, 2.24) is 10.2 Å². The Hall–Kier alpha value is -1.30. The average molecular weight is 256 g/mol. The predicted octanol–water partition coefficient (Wildman–Crippen LogP) is 2.82. The standard InChI is InChI=1S/C17H24N2/c1-3-5-9-12-19-14-17(18-13-16(19)4-2)15-10-7-6-8-11-15/h1,6-8,10-11,16-18H,4-5,9,12-14H2,2H3. The van der Waals surface area contributed by atoms with E-state index < -0.39 is 0 Å². The summed E-state index contributed by atoms with van der Waals surface area (Å²) in [5, 5.41) is 3.67. The number of unbranched alkanes of at least 4 members (excludes halogenated alkanes) is 1. The summed E-state index contributed by atoms with van der Waals surface area (Å²) in [5.41, 5.74) is 1.39. The van der Waals surface area contributed by atoms with Crippen molar-refractivity contribution in [2.45, 2.75) is 38.3 Å². The zero-order valence-electron chi connectivity index (χ0n) is 11.8. The van der Waals surface area contributed by atoms with E-state index in [4.69, 9.17) is 6.42 Å². The number of hydrogen-bond donors (Lipinski definition) is 1. The van der Waals surface area contributed by atoms with E-state index in [1.165, 1.54) is 12.0 Å². The lowest BCUT2D eigenvalue weighted by Crippen LogP contribution is -2.52. The lowest BCUT2D eigenvalue weighted by molar-refractivity contribution is 0.126. The molecule has 0 spiro atoms. The molecule has 2 nitrogen and oxygen atoms in total. The highest BCUT2D eigenvalue weighted by Gasteiger charge is 2.26. The number of piperazine rings is 1. The van der Waals surface area contributed by atoms with Gasteiger partial charge in [0.2, 0.25) is 0 Å². The molecule has 1 aromatic rings. The molecule has 1 saturated heterocycles. The number of hydrogen-bond acceptors (Lipinski definition) is 2. The van der Waals surface area contributed by atoms with Gasteiger partial charge in [0.25, 0.3) is 0 Å². The molecule has 1 N–H and O–H groups in total. The van der Waals surface area contributed by atoms with Gasteiger partial charge in [0.05, 0.1) is 0 Å². The van der Waals surface area contributed by atoms with Crippen LogP contribution in [0.2, 0.25) is 0 Å². The van der Waals surface area contributed by atoms with E-state index in [-0.39, 0.29) is 0 Å². The summed E-state index contributed by atoms with van der Waals surface area (Å²) in [5.74, 6) is 2.74. The van der Waals surface area contributed by atoms with Gasteiger partial charge in [-0.15, -0.1) is 12.3 Å². The molecule has 0 bridgehead atoms. The van der Waals surface area contributed by atoms with Crippen LogP contribution in [0.25, 0.3) is 0 Å². The first-order valence-corrected chi connectivity index (χ1v) is 7.31. The third kappa shape index (κ3) is 3.83. The number of nitrogens with zero attached hydrogens (tertiary/aromatic N) is 1. The van der Waals surface area contributed by atoms with Crippen LogP contribution in [-0.4, -0.2) is 30.6 Å². The molecule has 0 radical (unpaired) electrons. The van der Waals surface area contributed by atoms with Gasteiger partial charge in [-0.2, -0.15) is 0 Å². The Bertz CT molecular complexity index is 407. The highest BCUT2D eigenvalue weighted by Crippen LogP contribution is 2.21. The van der Waals surface area contributed by atoms with Crippen LogP contribution in [0, 0.1) is 12.3 Å². The van der Waals surface area contributed by atoms with Gasteiger partial charge in [-0.3, -0.25) is 4.90 Å². The van der Waals surface area contributed by atoms with Crippen molar-refractivity contribution in [3.8, 4) is 12.3 Å². The first-order chi connectivity index (χ1) is 9.35. The third-order valence-corrected chi connectivity index (χ3v) is 3.97. The first-order valence-electron chi connectivity index (χ1n) is 7.31. The maximum Gasteiger partial charge on any atom is 0.0449 e. The summed E-state index contributed by atoms with van der Waals surface area (Å²) >= 11 is 0. The molecule has 0 amide bonds. The second-order valence-corrected chi connectivity index (χ2v) is 5.24. The SMILES string of the molecule is C#CCCCN1CC(c2ccccc2)NCC1CC. The van der Waals surface area contributed by atoms with E-state index in [0.29, 0.717) is 12.1 Å². The minimum absolute atomic E-state index is 0.454. The average Bonchev–Trinajstić information content (AvgIpc) is 2.48. The topological polar surface area (TPSA) is 15.3 Å². The molecule has 1 fully saturated rings. The van der Waals surface area contributed by atoms with E-state index >= 15 is 0 Å². The highest BCUT2D eigenvalue weighted by atomic mass is 15.2. The van der Waals surface area contributed by atoms with Gasteiger partial charge in [0.1, 0.15) is 0 Å². The molecule has 0 aromatic heterocycles. The van der Waals surface area contributed by atoms with Gasteiger partial charge >= 0.3 is 0 Å². The maximum atomic E-state index is 5.35. The van der Waals surface area contributed by atoms with Crippen LogP contribution in [0.1, 0.15) is 37.8 Å². The smallest absolute Gasteiger partial charge is 0.0449 e. The summed E-state index contributed by atoms with van der Waals surface area (Å²) in [7, 11) is 0. The molecule has 2 atom stereocenters. The van der Waals surface area contributed by atoms with E-state index in [2.05, 4.69) is 53.4 Å². The zero-order valence-corrected chi connectivity index (χ0v) is 11.8. The molecule has 2 unspecified atom stereocenters. The van der Waals surface area contributed by atoms with Gasteiger partial charge in [0.15, 0.2) is 0 Å². The van der Waals surface area contributed by atoms with Crippen LogP contribution < -0.4 is 5.32 Å². The number of nitrogens with one attached hydrogen (secondary N) is 1. The van der Waals surface area contributed by atoms with Crippen LogP contribution in [0.15, 0.2) is 30.3 Å². The Labute approximate surface area is 117 Å². The molecule has 2 rings (SSSR count). The van der Waals surface area contributed by atoms with Crippen LogP contribution >= 0.6 is 0 Å². The van der Waals surface area contributed by atoms with Crippen LogP contribution in [0.4, 0.5) is 0 Å². The molecule has 1 aliphatic heterocycles. The highest BCUT2D eigenvalue weighted by molar-refractivity contribution is 5.20. The molecule has 1 heterocycles. The molecule has 19 heavy (non-hydrogen) atoms. The quantitative estimate of drug-likeness (QED) is 0.644. The summed E-state index contributed by atoms with van der Waals surface area (Å²) in [6, 6.07) is 11.8. The Balaban J connectivity index is 1.97. The van der Waals surface area contributed by atoms with E-state index in [1.807, 2.05) is 0 Å². The molecule has 0 saturated carbocycles. The van der Waals surface area contributed by atoms with Gasteiger partial charge in [-0.25, -0.2) is 0 Å². The second kappa shape index (κ2) is 7.33. The van der Waals surface area contributed by atoms with E-state index in [1.54, 1.807) is 0 Å². The summed E-state index contributed by atoms with van der Waals surface area (Å²) < 4.78 is 0. The van der Waals surface area contributed by atoms with Crippen molar-refractivity contribution >= 4 is 0 Å². The van der Waals surface area contributed by atoms with Crippen molar-refractivity contribution in [2.24, 2.45) is 0 Å². The third-order valence-electron chi connectivity index (χ3n) is 3.97. The summed E-state index contributed by atoms with van der Waals surface area (Å²) in [4.78, 5) is 2.60. The number of rotatable bonds is 5. The van der Waals surface area contributed by atoms with Crippen molar-refractivity contribution in [3.63, 3.8) is 0 Å². The fourth-order valence-corrected chi connectivity index (χ4v) is 2.82. The summed E-state index contributed by atoms with van der Waals surface area (Å²) in [6.07, 6.45) is 8.54. The largest absolute Gasteiger partial charge is 0.307 e. The maximum absolute atomic E-state index is 5.35. The molecule has 1 aromatic carbocycles. The number of benzene rings is 1. The Morgan fingerprint density at radius 2 is 2.16 bits per heavy atom. The molecular weight excluding hydrogens is 232 g/mol. The van der Waals surface area contributed by atoms with E-state index in [0.717, 1.165) is 32.5 Å². The predicted molar refractivity (Wildman–Crippen MR) is 80.9 cm³/mol.